The molecule has 1 fully saturated rings. The van der Waals surface area contributed by atoms with Gasteiger partial charge in [0.25, 0.3) is 0 Å². The van der Waals surface area contributed by atoms with E-state index in [0.29, 0.717) is 26.2 Å². The molecule has 1 aliphatic rings. The summed E-state index contributed by atoms with van der Waals surface area (Å²) in [6.45, 7) is 4.30. The Bertz CT molecular complexity index is 632. The number of sulfonamides is 1. The van der Waals surface area contributed by atoms with Gasteiger partial charge in [0.1, 0.15) is 0 Å². The third-order valence-electron chi connectivity index (χ3n) is 3.49. The summed E-state index contributed by atoms with van der Waals surface area (Å²) in [6.07, 6.45) is 0.722. The van der Waals surface area contributed by atoms with Crippen LogP contribution in [0, 0.1) is 6.92 Å². The van der Waals surface area contributed by atoms with Gasteiger partial charge in [-0.3, -0.25) is 4.99 Å². The van der Waals surface area contributed by atoms with Crippen LogP contribution in [0.5, 0.6) is 0 Å². The molecule has 1 aliphatic heterocycles. The average molecular weight is 473 g/mol. The maximum absolute atomic E-state index is 11.7. The van der Waals surface area contributed by atoms with Crippen molar-refractivity contribution in [2.75, 3.05) is 39.5 Å². The fourth-order valence-corrected chi connectivity index (χ4v) is 4.55. The zero-order valence-electron chi connectivity index (χ0n) is 13.7. The maximum Gasteiger partial charge on any atom is 0.214 e. The van der Waals surface area contributed by atoms with Gasteiger partial charge in [-0.05, 0) is 13.3 Å². The number of halogens is 1. The molecule has 1 aromatic heterocycles. The number of aromatic nitrogens is 1. The quantitative estimate of drug-likeness (QED) is 0.394. The van der Waals surface area contributed by atoms with Crippen LogP contribution in [0.2, 0.25) is 0 Å². The minimum absolute atomic E-state index is 0. The molecule has 0 spiro atoms. The van der Waals surface area contributed by atoms with E-state index >= 15 is 0 Å². The Morgan fingerprint density at radius 1 is 1.57 bits per heavy atom. The van der Waals surface area contributed by atoms with Crippen molar-refractivity contribution in [2.24, 2.45) is 4.99 Å². The molecule has 0 aliphatic carbocycles. The second-order valence-corrected chi connectivity index (χ2v) is 8.41. The lowest BCUT2D eigenvalue weighted by molar-refractivity contribution is 0.431. The van der Waals surface area contributed by atoms with Crippen LogP contribution >= 0.6 is 35.3 Å². The number of nitrogens with one attached hydrogen (secondary N) is 1. The third-order valence-corrected chi connectivity index (χ3v) is 6.27. The molecule has 1 saturated heterocycles. The number of guanidine groups is 1. The van der Waals surface area contributed by atoms with Gasteiger partial charge < -0.3 is 10.2 Å². The molecule has 0 aromatic carbocycles. The lowest BCUT2D eigenvalue weighted by Crippen LogP contribution is -2.42. The third kappa shape index (κ3) is 5.84. The van der Waals surface area contributed by atoms with Crippen molar-refractivity contribution in [1.29, 1.82) is 0 Å². The Kier molecular flexibility index (Phi) is 8.18. The van der Waals surface area contributed by atoms with Gasteiger partial charge in [0.15, 0.2) is 5.96 Å². The summed E-state index contributed by atoms with van der Waals surface area (Å²) in [5.41, 5.74) is 1.01. The van der Waals surface area contributed by atoms with E-state index in [-0.39, 0.29) is 29.7 Å². The number of hydrogen-bond acceptors (Lipinski definition) is 5. The lowest BCUT2D eigenvalue weighted by atomic mass is 10.4. The van der Waals surface area contributed by atoms with Crippen molar-refractivity contribution in [2.45, 2.75) is 19.9 Å². The van der Waals surface area contributed by atoms with E-state index in [1.807, 2.05) is 24.3 Å². The highest BCUT2D eigenvalue weighted by Crippen LogP contribution is 2.12. The smallest absolute Gasteiger partial charge is 0.214 e. The van der Waals surface area contributed by atoms with Crippen LogP contribution in [0.25, 0.3) is 0 Å². The van der Waals surface area contributed by atoms with E-state index < -0.39 is 10.0 Å². The van der Waals surface area contributed by atoms with E-state index in [1.165, 1.54) is 4.31 Å². The molecule has 0 atom stereocenters. The Hall–Kier alpha value is -0.460. The SMILES string of the molecule is CN=C(NCCN1CCCS1(=O)=O)N(C)Cc1csc(C)n1.I. The van der Waals surface area contributed by atoms with Crippen molar-refractivity contribution in [3.05, 3.63) is 16.1 Å². The zero-order valence-corrected chi connectivity index (χ0v) is 17.6. The first-order chi connectivity index (χ1) is 10.4. The van der Waals surface area contributed by atoms with Crippen molar-refractivity contribution in [3.8, 4) is 0 Å². The lowest BCUT2D eigenvalue weighted by Gasteiger charge is -2.22. The molecule has 132 valence electrons. The molecule has 10 heteroatoms. The van der Waals surface area contributed by atoms with E-state index in [4.69, 9.17) is 0 Å². The van der Waals surface area contributed by atoms with Crippen LogP contribution in [-0.4, -0.2) is 68.0 Å². The Labute approximate surface area is 159 Å². The molecule has 0 amide bonds. The summed E-state index contributed by atoms with van der Waals surface area (Å²) in [4.78, 5) is 10.6. The van der Waals surface area contributed by atoms with Crippen molar-refractivity contribution < 1.29 is 8.42 Å². The predicted octanol–water partition coefficient (Wildman–Crippen LogP) is 1.11. The van der Waals surface area contributed by atoms with Gasteiger partial charge in [0.2, 0.25) is 10.0 Å². The molecule has 0 saturated carbocycles. The molecule has 1 aromatic rings. The number of nitrogens with zero attached hydrogens (tertiary/aromatic N) is 4. The fraction of sp³-hybridized carbons (Fsp3) is 0.692. The molecule has 23 heavy (non-hydrogen) atoms. The molecule has 0 bridgehead atoms. The molecular weight excluding hydrogens is 449 g/mol. The van der Waals surface area contributed by atoms with Crippen LogP contribution in [0.3, 0.4) is 0 Å². The number of aliphatic imine (C=N–C) groups is 1. The Morgan fingerprint density at radius 3 is 2.83 bits per heavy atom. The van der Waals surface area contributed by atoms with E-state index in [9.17, 15) is 8.42 Å². The topological polar surface area (TPSA) is 77.9 Å². The molecule has 0 unspecified atom stereocenters. The summed E-state index contributed by atoms with van der Waals surface area (Å²) in [5, 5.41) is 6.29. The van der Waals surface area contributed by atoms with Gasteiger partial charge in [0, 0.05) is 39.1 Å². The number of rotatable bonds is 5. The van der Waals surface area contributed by atoms with Crippen LogP contribution in [0.15, 0.2) is 10.4 Å². The first-order valence-corrected chi connectivity index (χ1v) is 9.72. The first-order valence-electron chi connectivity index (χ1n) is 7.23. The normalized spacial score (nSPS) is 17.8. The summed E-state index contributed by atoms with van der Waals surface area (Å²) < 4.78 is 25.0. The summed E-state index contributed by atoms with van der Waals surface area (Å²) in [5.74, 6) is 1.01. The molecular formula is C13H24IN5O2S2. The Morgan fingerprint density at radius 2 is 2.30 bits per heavy atom. The standard InChI is InChI=1S/C13H23N5O2S2.HI/c1-11-16-12(10-21-11)9-17(3)13(14-2)15-5-7-18-6-4-8-22(18,19)20;/h10H,4-9H2,1-3H3,(H,14,15);1H. The summed E-state index contributed by atoms with van der Waals surface area (Å²) in [7, 11) is 0.634. The van der Waals surface area contributed by atoms with Gasteiger partial charge in [-0.2, -0.15) is 0 Å². The zero-order chi connectivity index (χ0) is 16.2. The number of hydrogen-bond donors (Lipinski definition) is 1. The first kappa shape index (κ1) is 20.6. The van der Waals surface area contributed by atoms with E-state index in [1.54, 1.807) is 18.4 Å². The monoisotopic (exact) mass is 473 g/mol. The van der Waals surface area contributed by atoms with Gasteiger partial charge in [0.05, 0.1) is 23.0 Å². The van der Waals surface area contributed by atoms with Gasteiger partial charge in [-0.15, -0.1) is 35.3 Å². The van der Waals surface area contributed by atoms with E-state index in [2.05, 4.69) is 15.3 Å². The van der Waals surface area contributed by atoms with Crippen molar-refractivity contribution >= 4 is 51.3 Å². The second kappa shape index (κ2) is 9.14. The predicted molar refractivity (Wildman–Crippen MR) is 105 cm³/mol. The molecule has 2 heterocycles. The second-order valence-electron chi connectivity index (χ2n) is 5.26. The van der Waals surface area contributed by atoms with Crippen molar-refractivity contribution in [1.82, 2.24) is 19.5 Å². The number of aryl methyl sites for hydroxylation is 1. The minimum Gasteiger partial charge on any atom is -0.355 e. The highest BCUT2D eigenvalue weighted by Gasteiger charge is 2.27. The molecule has 1 N–H and O–H groups in total. The average Bonchev–Trinajstić information content (AvgIpc) is 3.00. The van der Waals surface area contributed by atoms with E-state index in [0.717, 1.165) is 23.1 Å². The van der Waals surface area contributed by atoms with Crippen LogP contribution in [-0.2, 0) is 16.6 Å². The summed E-state index contributed by atoms with van der Waals surface area (Å²) >= 11 is 1.63. The number of thiazole rings is 1. The fourth-order valence-electron chi connectivity index (χ4n) is 2.42. The van der Waals surface area contributed by atoms with Crippen LogP contribution in [0.1, 0.15) is 17.1 Å². The maximum atomic E-state index is 11.7. The Balaban J connectivity index is 0.00000264. The van der Waals surface area contributed by atoms with Gasteiger partial charge in [-0.25, -0.2) is 17.7 Å². The highest BCUT2D eigenvalue weighted by atomic mass is 127. The molecule has 7 nitrogen and oxygen atoms in total. The summed E-state index contributed by atoms with van der Waals surface area (Å²) in [6, 6.07) is 0. The van der Waals surface area contributed by atoms with Crippen LogP contribution in [0.4, 0.5) is 0 Å². The minimum atomic E-state index is -3.03. The van der Waals surface area contributed by atoms with Crippen molar-refractivity contribution in [3.63, 3.8) is 0 Å². The largest absolute Gasteiger partial charge is 0.355 e. The molecule has 2 rings (SSSR count). The van der Waals surface area contributed by atoms with Gasteiger partial charge in [-0.1, -0.05) is 0 Å². The van der Waals surface area contributed by atoms with Gasteiger partial charge >= 0.3 is 0 Å². The highest BCUT2D eigenvalue weighted by molar-refractivity contribution is 14.0. The molecule has 0 radical (unpaired) electrons. The van der Waals surface area contributed by atoms with Crippen LogP contribution < -0.4 is 5.32 Å².